The monoisotopic (exact) mass is 365 g/mol. The maximum Gasteiger partial charge on any atom is 0.416 e. The molecule has 2 aromatic carbocycles. The molecule has 0 heterocycles. The second-order valence-electron chi connectivity index (χ2n) is 7.04. The lowest BCUT2D eigenvalue weighted by Gasteiger charge is -2.25. The van der Waals surface area contributed by atoms with Gasteiger partial charge in [-0.25, -0.2) is 0 Å². The summed E-state index contributed by atoms with van der Waals surface area (Å²) < 4.78 is 44.2. The maximum absolute atomic E-state index is 12.8. The fraction of sp³-hybridized carbons (Fsp3) is 0.350. The number of alkyl halides is 3. The van der Waals surface area contributed by atoms with E-state index in [2.05, 4.69) is 5.32 Å². The van der Waals surface area contributed by atoms with Gasteiger partial charge in [-0.3, -0.25) is 4.79 Å². The highest BCUT2D eigenvalue weighted by Gasteiger charge is 2.30. The number of hydrogen-bond acceptors (Lipinski definition) is 2. The molecular weight excluding hydrogens is 343 g/mol. The van der Waals surface area contributed by atoms with Gasteiger partial charge < -0.3 is 10.1 Å². The lowest BCUT2D eigenvalue weighted by atomic mass is 10.1. The average Bonchev–Trinajstić information content (AvgIpc) is 2.54. The van der Waals surface area contributed by atoms with E-state index in [4.69, 9.17) is 4.74 Å². The van der Waals surface area contributed by atoms with E-state index in [0.29, 0.717) is 11.1 Å². The van der Waals surface area contributed by atoms with Crippen LogP contribution in [0.3, 0.4) is 0 Å². The Morgan fingerprint density at radius 2 is 1.69 bits per heavy atom. The van der Waals surface area contributed by atoms with Gasteiger partial charge in [-0.15, -0.1) is 0 Å². The van der Waals surface area contributed by atoms with Crippen molar-refractivity contribution in [2.45, 2.75) is 45.2 Å². The molecule has 1 atom stereocenters. The van der Waals surface area contributed by atoms with Crippen LogP contribution in [0.1, 0.15) is 43.6 Å². The van der Waals surface area contributed by atoms with E-state index >= 15 is 0 Å². The number of carbonyl (C=O) groups is 1. The zero-order chi connectivity index (χ0) is 19.4. The molecule has 0 fully saturated rings. The number of nitrogens with one attached hydrogen (secondary N) is 1. The molecule has 2 aromatic rings. The van der Waals surface area contributed by atoms with Crippen LogP contribution < -0.4 is 5.32 Å². The Balaban J connectivity index is 2.19. The van der Waals surface area contributed by atoms with E-state index < -0.39 is 23.4 Å². The van der Waals surface area contributed by atoms with Crippen LogP contribution in [0.2, 0.25) is 0 Å². The van der Waals surface area contributed by atoms with Gasteiger partial charge in [-0.05, 0) is 44.0 Å². The fourth-order valence-corrected chi connectivity index (χ4v) is 2.40. The van der Waals surface area contributed by atoms with Crippen LogP contribution in [0.5, 0.6) is 0 Å². The maximum atomic E-state index is 12.8. The molecule has 0 bridgehead atoms. The zero-order valence-electron chi connectivity index (χ0n) is 14.9. The summed E-state index contributed by atoms with van der Waals surface area (Å²) in [7, 11) is 0. The van der Waals surface area contributed by atoms with Gasteiger partial charge in [0.05, 0.1) is 12.2 Å². The van der Waals surface area contributed by atoms with Gasteiger partial charge in [-0.2, -0.15) is 13.2 Å². The third-order valence-electron chi connectivity index (χ3n) is 3.51. The second-order valence-corrected chi connectivity index (χ2v) is 7.04. The Morgan fingerprint density at radius 1 is 1.04 bits per heavy atom. The highest BCUT2D eigenvalue weighted by Crippen LogP contribution is 2.30. The highest BCUT2D eigenvalue weighted by molar-refractivity contribution is 5.82. The Kier molecular flexibility index (Phi) is 6.08. The highest BCUT2D eigenvalue weighted by atomic mass is 19.4. The molecule has 0 aliphatic rings. The number of halogens is 3. The third kappa shape index (κ3) is 5.88. The van der Waals surface area contributed by atoms with Crippen LogP contribution in [-0.2, 0) is 22.3 Å². The van der Waals surface area contributed by atoms with Crippen molar-refractivity contribution in [1.29, 1.82) is 0 Å². The molecule has 0 aromatic heterocycles. The Morgan fingerprint density at radius 3 is 2.27 bits per heavy atom. The lowest BCUT2D eigenvalue weighted by Crippen LogP contribution is -2.43. The van der Waals surface area contributed by atoms with Crippen LogP contribution in [0.25, 0.3) is 0 Å². The first kappa shape index (κ1) is 20.0. The summed E-state index contributed by atoms with van der Waals surface area (Å²) in [5.41, 5.74) is -0.205. The summed E-state index contributed by atoms with van der Waals surface area (Å²) in [6.07, 6.45) is -5.33. The predicted octanol–water partition coefficient (Wildman–Crippen LogP) is 4.88. The predicted molar refractivity (Wildman–Crippen MR) is 93.3 cm³/mol. The summed E-state index contributed by atoms with van der Waals surface area (Å²) in [4.78, 5) is 12.6. The largest absolute Gasteiger partial charge is 0.416 e. The van der Waals surface area contributed by atoms with Gasteiger partial charge in [0.2, 0.25) is 0 Å². The van der Waals surface area contributed by atoms with Crippen molar-refractivity contribution in [3.8, 4) is 0 Å². The molecule has 6 heteroatoms. The number of benzene rings is 2. The van der Waals surface area contributed by atoms with E-state index in [1.807, 2.05) is 26.8 Å². The first-order valence-electron chi connectivity index (χ1n) is 8.21. The normalized spacial score (nSPS) is 13.3. The number of carbonyl (C=O) groups excluding carboxylic acids is 1. The molecule has 3 nitrogen and oxygen atoms in total. The molecule has 140 valence electrons. The van der Waals surface area contributed by atoms with Crippen LogP contribution in [-0.4, -0.2) is 11.4 Å². The van der Waals surface area contributed by atoms with Gasteiger partial charge >= 0.3 is 6.18 Å². The fourth-order valence-electron chi connectivity index (χ4n) is 2.40. The molecule has 0 spiro atoms. The molecular formula is C20H22F3NO2. The summed E-state index contributed by atoms with van der Waals surface area (Å²) >= 11 is 0. The molecule has 1 N–H and O–H groups in total. The van der Waals surface area contributed by atoms with Crippen molar-refractivity contribution in [3.63, 3.8) is 0 Å². The van der Waals surface area contributed by atoms with Crippen LogP contribution >= 0.6 is 0 Å². The SMILES string of the molecule is CC(C)(C)NC(=O)C(OCc1cccc(C(F)(F)F)c1)c1ccccc1. The minimum Gasteiger partial charge on any atom is -0.359 e. The Labute approximate surface area is 151 Å². The van der Waals surface area contributed by atoms with Crippen LogP contribution in [0.4, 0.5) is 13.2 Å². The minimum absolute atomic E-state index is 0.110. The standard InChI is InChI=1S/C20H22F3NO2/c1-19(2,3)24-18(25)17(15-9-5-4-6-10-15)26-13-14-8-7-11-16(12-14)20(21,22)23/h4-12,17H,13H2,1-3H3,(H,24,25). The van der Waals surface area contributed by atoms with Gasteiger partial charge in [0.15, 0.2) is 6.10 Å². The lowest BCUT2D eigenvalue weighted by molar-refractivity contribution is -0.138. The molecule has 0 saturated heterocycles. The van der Waals surface area contributed by atoms with E-state index in [1.54, 1.807) is 30.3 Å². The van der Waals surface area contributed by atoms with Crippen molar-refractivity contribution < 1.29 is 22.7 Å². The second kappa shape index (κ2) is 7.91. The third-order valence-corrected chi connectivity index (χ3v) is 3.51. The smallest absolute Gasteiger partial charge is 0.359 e. The summed E-state index contributed by atoms with van der Waals surface area (Å²) in [6, 6.07) is 13.8. The molecule has 26 heavy (non-hydrogen) atoms. The number of hydrogen-bond donors (Lipinski definition) is 1. The van der Waals surface area contributed by atoms with E-state index in [0.717, 1.165) is 12.1 Å². The topological polar surface area (TPSA) is 38.3 Å². The van der Waals surface area contributed by atoms with Crippen molar-refractivity contribution in [3.05, 3.63) is 71.3 Å². The van der Waals surface area contributed by atoms with Crippen molar-refractivity contribution in [2.75, 3.05) is 0 Å². The zero-order valence-corrected chi connectivity index (χ0v) is 14.9. The van der Waals surface area contributed by atoms with Crippen molar-refractivity contribution >= 4 is 5.91 Å². The van der Waals surface area contributed by atoms with E-state index in [9.17, 15) is 18.0 Å². The van der Waals surface area contributed by atoms with E-state index in [-0.39, 0.29) is 12.5 Å². The molecule has 0 aliphatic carbocycles. The molecule has 1 amide bonds. The minimum atomic E-state index is -4.42. The Hall–Kier alpha value is -2.34. The molecule has 0 saturated carbocycles. The average molecular weight is 365 g/mol. The van der Waals surface area contributed by atoms with Crippen molar-refractivity contribution in [2.24, 2.45) is 0 Å². The van der Waals surface area contributed by atoms with Gasteiger partial charge in [0, 0.05) is 5.54 Å². The van der Waals surface area contributed by atoms with Gasteiger partial charge in [0.25, 0.3) is 5.91 Å². The quantitative estimate of drug-likeness (QED) is 0.820. The van der Waals surface area contributed by atoms with Crippen molar-refractivity contribution in [1.82, 2.24) is 5.32 Å². The first-order valence-corrected chi connectivity index (χ1v) is 8.21. The molecule has 1 unspecified atom stereocenters. The number of amides is 1. The van der Waals surface area contributed by atoms with Crippen LogP contribution in [0, 0.1) is 0 Å². The van der Waals surface area contributed by atoms with Gasteiger partial charge in [-0.1, -0.05) is 42.5 Å². The molecule has 0 radical (unpaired) electrons. The summed E-state index contributed by atoms with van der Waals surface area (Å²) in [5.74, 6) is -0.337. The Bertz CT molecular complexity index is 737. The summed E-state index contributed by atoms with van der Waals surface area (Å²) in [6.45, 7) is 5.43. The van der Waals surface area contributed by atoms with E-state index in [1.165, 1.54) is 6.07 Å². The first-order chi connectivity index (χ1) is 12.1. The summed E-state index contributed by atoms with van der Waals surface area (Å²) in [5, 5.41) is 2.85. The molecule has 0 aliphatic heterocycles. The number of ether oxygens (including phenoxy) is 1. The van der Waals surface area contributed by atoms with Crippen LogP contribution in [0.15, 0.2) is 54.6 Å². The molecule has 2 rings (SSSR count). The number of rotatable bonds is 5. The van der Waals surface area contributed by atoms with Gasteiger partial charge in [0.1, 0.15) is 0 Å².